The zero-order valence-electron chi connectivity index (χ0n) is 9.88. The monoisotopic (exact) mass is 311 g/mol. The maximum Gasteiger partial charge on any atom is 0.345 e. The molecule has 20 heavy (non-hydrogen) atoms. The smallest absolute Gasteiger partial charge is 0.345 e. The summed E-state index contributed by atoms with van der Waals surface area (Å²) in [5, 5.41) is 10.8. The molecule has 0 saturated carbocycles. The maximum absolute atomic E-state index is 11.9. The van der Waals surface area contributed by atoms with Crippen LogP contribution in [0.5, 0.6) is 5.75 Å². The van der Waals surface area contributed by atoms with Crippen molar-refractivity contribution < 1.29 is 14.5 Å². The lowest BCUT2D eigenvalue weighted by molar-refractivity contribution is -0.384. The van der Waals surface area contributed by atoms with Gasteiger partial charge in [0, 0.05) is 12.1 Å². The van der Waals surface area contributed by atoms with E-state index in [0.717, 1.165) is 6.07 Å². The number of hydrogen-bond donors (Lipinski definition) is 0. The number of non-ortho nitro benzene ring substituents is 1. The summed E-state index contributed by atoms with van der Waals surface area (Å²) in [6.45, 7) is 0. The Labute approximate surface area is 123 Å². The van der Waals surface area contributed by atoms with Gasteiger partial charge in [-0.05, 0) is 18.2 Å². The van der Waals surface area contributed by atoms with Crippen molar-refractivity contribution >= 4 is 34.9 Å². The van der Waals surface area contributed by atoms with Gasteiger partial charge >= 0.3 is 5.97 Å². The number of ether oxygens (including phenoxy) is 1. The van der Waals surface area contributed by atoms with E-state index in [0.29, 0.717) is 0 Å². The molecule has 2 aromatic carbocycles. The first-order chi connectivity index (χ1) is 9.49. The van der Waals surface area contributed by atoms with E-state index in [1.807, 2.05) is 0 Å². The fraction of sp³-hybridized carbons (Fsp3) is 0. The zero-order valence-corrected chi connectivity index (χ0v) is 11.4. The van der Waals surface area contributed by atoms with E-state index in [1.165, 1.54) is 18.2 Å². The van der Waals surface area contributed by atoms with Crippen LogP contribution in [0.15, 0.2) is 42.5 Å². The van der Waals surface area contributed by atoms with Crippen LogP contribution in [-0.4, -0.2) is 10.9 Å². The predicted octanol–water partition coefficient (Wildman–Crippen LogP) is 4.12. The van der Waals surface area contributed by atoms with Crippen LogP contribution in [-0.2, 0) is 0 Å². The Morgan fingerprint density at radius 1 is 1.10 bits per heavy atom. The number of nitrogens with zero attached hydrogens (tertiary/aromatic N) is 1. The van der Waals surface area contributed by atoms with Crippen LogP contribution in [0.1, 0.15) is 10.4 Å². The minimum atomic E-state index is -0.738. The van der Waals surface area contributed by atoms with E-state index >= 15 is 0 Å². The molecule has 0 heterocycles. The van der Waals surface area contributed by atoms with Gasteiger partial charge in [0.05, 0.1) is 20.5 Å². The van der Waals surface area contributed by atoms with Gasteiger partial charge in [-0.3, -0.25) is 10.1 Å². The summed E-state index contributed by atoms with van der Waals surface area (Å²) in [7, 11) is 0. The van der Waals surface area contributed by atoms with Crippen molar-refractivity contribution in [2.45, 2.75) is 0 Å². The first-order valence-electron chi connectivity index (χ1n) is 5.39. The molecule has 2 aromatic rings. The van der Waals surface area contributed by atoms with Gasteiger partial charge in [-0.15, -0.1) is 0 Å². The first kappa shape index (κ1) is 14.3. The van der Waals surface area contributed by atoms with Crippen LogP contribution < -0.4 is 4.74 Å². The Hall–Kier alpha value is -2.11. The summed E-state index contributed by atoms with van der Waals surface area (Å²) in [6.07, 6.45) is 0. The van der Waals surface area contributed by atoms with Gasteiger partial charge in [0.15, 0.2) is 0 Å². The molecule has 0 amide bonds. The minimum absolute atomic E-state index is 0.0252. The fourth-order valence-electron chi connectivity index (χ4n) is 1.47. The van der Waals surface area contributed by atoms with Crippen LogP contribution in [0.4, 0.5) is 5.69 Å². The van der Waals surface area contributed by atoms with Gasteiger partial charge in [-0.2, -0.15) is 0 Å². The molecule has 2 rings (SSSR count). The van der Waals surface area contributed by atoms with Crippen molar-refractivity contribution in [1.82, 2.24) is 0 Å². The van der Waals surface area contributed by atoms with Crippen molar-refractivity contribution in [1.29, 1.82) is 0 Å². The first-order valence-corrected chi connectivity index (χ1v) is 6.15. The standard InChI is InChI=1S/C13H7Cl2NO4/c14-10-3-1-2-4-12(10)20-13(17)9-6-5-8(16(18)19)7-11(9)15/h1-7H. The van der Waals surface area contributed by atoms with Crippen molar-refractivity contribution in [2.24, 2.45) is 0 Å². The van der Waals surface area contributed by atoms with Crippen LogP contribution in [0.2, 0.25) is 10.0 Å². The number of nitro groups is 1. The molecule has 102 valence electrons. The Kier molecular flexibility index (Phi) is 4.22. The van der Waals surface area contributed by atoms with Gasteiger partial charge in [0.2, 0.25) is 0 Å². The second kappa shape index (κ2) is 5.90. The highest BCUT2D eigenvalue weighted by atomic mass is 35.5. The van der Waals surface area contributed by atoms with Crippen molar-refractivity contribution in [3.63, 3.8) is 0 Å². The topological polar surface area (TPSA) is 69.4 Å². The Morgan fingerprint density at radius 3 is 2.40 bits per heavy atom. The van der Waals surface area contributed by atoms with Gasteiger partial charge in [0.1, 0.15) is 5.75 Å². The lowest BCUT2D eigenvalue weighted by Crippen LogP contribution is -2.09. The maximum atomic E-state index is 11.9. The van der Waals surface area contributed by atoms with Gasteiger partial charge in [-0.1, -0.05) is 35.3 Å². The fourth-order valence-corrected chi connectivity index (χ4v) is 1.89. The number of carbonyl (C=O) groups excluding carboxylic acids is 1. The molecule has 0 atom stereocenters. The van der Waals surface area contributed by atoms with Crippen LogP contribution >= 0.6 is 23.2 Å². The van der Waals surface area contributed by atoms with E-state index in [9.17, 15) is 14.9 Å². The molecule has 0 radical (unpaired) electrons. The zero-order chi connectivity index (χ0) is 14.7. The van der Waals surface area contributed by atoms with E-state index in [-0.39, 0.29) is 27.0 Å². The SMILES string of the molecule is O=C(Oc1ccccc1Cl)c1ccc([N+](=O)[O-])cc1Cl. The molecular weight excluding hydrogens is 305 g/mol. The summed E-state index contributed by atoms with van der Waals surface area (Å²) >= 11 is 11.7. The normalized spacial score (nSPS) is 10.1. The molecule has 0 unspecified atom stereocenters. The lowest BCUT2D eigenvalue weighted by Gasteiger charge is -2.07. The lowest BCUT2D eigenvalue weighted by atomic mass is 10.2. The average molecular weight is 312 g/mol. The summed E-state index contributed by atoms with van der Waals surface area (Å²) in [4.78, 5) is 21.9. The molecule has 0 spiro atoms. The number of benzene rings is 2. The third-order valence-corrected chi connectivity index (χ3v) is 3.05. The number of carbonyl (C=O) groups is 1. The molecule has 0 fully saturated rings. The average Bonchev–Trinajstić information content (AvgIpc) is 2.41. The second-order valence-electron chi connectivity index (χ2n) is 3.74. The van der Waals surface area contributed by atoms with Gasteiger partial charge < -0.3 is 4.74 Å². The Bertz CT molecular complexity index is 688. The number of hydrogen-bond acceptors (Lipinski definition) is 4. The highest BCUT2D eigenvalue weighted by Gasteiger charge is 2.17. The predicted molar refractivity (Wildman–Crippen MR) is 74.5 cm³/mol. The van der Waals surface area contributed by atoms with E-state index in [4.69, 9.17) is 27.9 Å². The van der Waals surface area contributed by atoms with Gasteiger partial charge in [-0.25, -0.2) is 4.79 Å². The Balaban J connectivity index is 2.26. The van der Waals surface area contributed by atoms with Crippen LogP contribution in [0.25, 0.3) is 0 Å². The quantitative estimate of drug-likeness (QED) is 0.370. The number of halogens is 2. The summed E-state index contributed by atoms with van der Waals surface area (Å²) in [5.74, 6) is -0.549. The van der Waals surface area contributed by atoms with E-state index in [2.05, 4.69) is 0 Å². The molecule has 0 N–H and O–H groups in total. The second-order valence-corrected chi connectivity index (χ2v) is 4.56. The molecule has 5 nitrogen and oxygen atoms in total. The molecular formula is C13H7Cl2NO4. The molecule has 0 aliphatic rings. The highest BCUT2D eigenvalue weighted by Crippen LogP contribution is 2.27. The largest absolute Gasteiger partial charge is 0.421 e. The van der Waals surface area contributed by atoms with Crippen molar-refractivity contribution in [3.8, 4) is 5.75 Å². The molecule has 0 aliphatic carbocycles. The molecule has 0 aliphatic heterocycles. The van der Waals surface area contributed by atoms with Crippen LogP contribution in [0, 0.1) is 10.1 Å². The Morgan fingerprint density at radius 2 is 1.80 bits per heavy atom. The van der Waals surface area contributed by atoms with Gasteiger partial charge in [0.25, 0.3) is 5.69 Å². The molecule has 0 aromatic heterocycles. The van der Waals surface area contributed by atoms with Crippen LogP contribution in [0.3, 0.4) is 0 Å². The minimum Gasteiger partial charge on any atom is -0.421 e. The number of para-hydroxylation sites is 1. The molecule has 7 heteroatoms. The summed E-state index contributed by atoms with van der Waals surface area (Å²) in [6, 6.07) is 9.95. The molecule has 0 bridgehead atoms. The number of rotatable bonds is 3. The van der Waals surface area contributed by atoms with E-state index < -0.39 is 10.9 Å². The third-order valence-electron chi connectivity index (χ3n) is 2.42. The highest BCUT2D eigenvalue weighted by molar-refractivity contribution is 6.34. The summed E-state index contributed by atoms with van der Waals surface area (Å²) < 4.78 is 5.09. The number of esters is 1. The van der Waals surface area contributed by atoms with E-state index in [1.54, 1.807) is 18.2 Å². The van der Waals surface area contributed by atoms with Crippen molar-refractivity contribution in [2.75, 3.05) is 0 Å². The summed E-state index contributed by atoms with van der Waals surface area (Å²) in [5.41, 5.74) is -0.179. The number of nitro benzene ring substituents is 1. The molecule has 0 saturated heterocycles. The third kappa shape index (κ3) is 3.07. The van der Waals surface area contributed by atoms with Crippen molar-refractivity contribution in [3.05, 3.63) is 68.2 Å².